The van der Waals surface area contributed by atoms with E-state index < -0.39 is 12.0 Å². The predicted molar refractivity (Wildman–Crippen MR) is 49.3 cm³/mol. The largest absolute Gasteiger partial charge is 0.480 e. The van der Waals surface area contributed by atoms with Crippen LogP contribution in [0.25, 0.3) is 0 Å². The van der Waals surface area contributed by atoms with Gasteiger partial charge in [-0.1, -0.05) is 20.8 Å². The van der Waals surface area contributed by atoms with Crippen LogP contribution in [0.15, 0.2) is 0 Å². The van der Waals surface area contributed by atoms with Crippen molar-refractivity contribution in [2.75, 3.05) is 0 Å². The molecule has 1 atom stereocenters. The molecule has 0 radical (unpaired) electrons. The molecule has 0 spiro atoms. The molecular formula is C9H17NO3. The first-order valence-corrected chi connectivity index (χ1v) is 4.24. The number of carbonyl (C=O) groups excluding carboxylic acids is 1. The molecule has 0 aliphatic carbocycles. The fourth-order valence-electron chi connectivity index (χ4n) is 0.836. The highest BCUT2D eigenvalue weighted by atomic mass is 16.4. The van der Waals surface area contributed by atoms with Gasteiger partial charge in [0, 0.05) is 6.42 Å². The van der Waals surface area contributed by atoms with Gasteiger partial charge in [-0.3, -0.25) is 9.59 Å². The molecular weight excluding hydrogens is 170 g/mol. The van der Waals surface area contributed by atoms with Gasteiger partial charge in [0.05, 0.1) is 0 Å². The molecule has 2 N–H and O–H groups in total. The number of amides is 1. The minimum atomic E-state index is -1.01. The number of hydrogen-bond donors (Lipinski definition) is 2. The Kier molecular flexibility index (Phi) is 3.91. The van der Waals surface area contributed by atoms with E-state index >= 15 is 0 Å². The van der Waals surface area contributed by atoms with Crippen LogP contribution < -0.4 is 5.32 Å². The van der Waals surface area contributed by atoms with E-state index in [9.17, 15) is 9.59 Å². The van der Waals surface area contributed by atoms with Crippen LogP contribution in [0.5, 0.6) is 0 Å². The first kappa shape index (κ1) is 11.9. The van der Waals surface area contributed by atoms with Crippen LogP contribution in [0.3, 0.4) is 0 Å². The first-order chi connectivity index (χ1) is 5.72. The molecule has 76 valence electrons. The SMILES string of the molecule is C[C@H](NC(=O)CC(C)(C)C)C(=O)O. The number of carboxylic acids is 1. The van der Waals surface area contributed by atoms with E-state index in [-0.39, 0.29) is 11.3 Å². The van der Waals surface area contributed by atoms with Crippen molar-refractivity contribution in [1.29, 1.82) is 0 Å². The lowest BCUT2D eigenvalue weighted by Crippen LogP contribution is -2.39. The Hall–Kier alpha value is -1.06. The Labute approximate surface area is 78.3 Å². The highest BCUT2D eigenvalue weighted by Gasteiger charge is 2.19. The minimum Gasteiger partial charge on any atom is -0.480 e. The molecule has 0 aliphatic heterocycles. The Bertz CT molecular complexity index is 205. The zero-order valence-corrected chi connectivity index (χ0v) is 8.55. The molecule has 0 saturated carbocycles. The van der Waals surface area contributed by atoms with Crippen LogP contribution in [-0.4, -0.2) is 23.0 Å². The highest BCUT2D eigenvalue weighted by Crippen LogP contribution is 2.17. The van der Waals surface area contributed by atoms with E-state index in [0.717, 1.165) is 0 Å². The quantitative estimate of drug-likeness (QED) is 0.693. The second kappa shape index (κ2) is 4.25. The summed E-state index contributed by atoms with van der Waals surface area (Å²) in [5.41, 5.74) is -0.109. The standard InChI is InChI=1S/C9H17NO3/c1-6(8(12)13)10-7(11)5-9(2,3)4/h6H,5H2,1-4H3,(H,10,11)(H,12,13)/t6-/m0/s1. The lowest BCUT2D eigenvalue weighted by atomic mass is 9.92. The van der Waals surface area contributed by atoms with Gasteiger partial charge in [0.1, 0.15) is 6.04 Å². The third-order valence-corrected chi connectivity index (χ3v) is 1.44. The van der Waals surface area contributed by atoms with Gasteiger partial charge in [-0.05, 0) is 12.3 Å². The predicted octanol–water partition coefficient (Wildman–Crippen LogP) is 1.01. The van der Waals surface area contributed by atoms with Gasteiger partial charge >= 0.3 is 5.97 Å². The molecule has 4 nitrogen and oxygen atoms in total. The second-order valence-corrected chi connectivity index (χ2v) is 4.36. The summed E-state index contributed by atoms with van der Waals surface area (Å²) >= 11 is 0. The number of aliphatic carboxylic acids is 1. The van der Waals surface area contributed by atoms with E-state index in [4.69, 9.17) is 5.11 Å². The van der Waals surface area contributed by atoms with Gasteiger partial charge < -0.3 is 10.4 Å². The van der Waals surface area contributed by atoms with Gasteiger partial charge in [0.15, 0.2) is 0 Å². The number of nitrogens with one attached hydrogen (secondary N) is 1. The van der Waals surface area contributed by atoms with Gasteiger partial charge in [-0.15, -0.1) is 0 Å². The number of carboxylic acid groups (broad SMARTS) is 1. The molecule has 0 bridgehead atoms. The average Bonchev–Trinajstić information content (AvgIpc) is 1.81. The molecule has 0 aromatic carbocycles. The second-order valence-electron chi connectivity index (χ2n) is 4.36. The van der Waals surface area contributed by atoms with Crippen LogP contribution in [0.4, 0.5) is 0 Å². The molecule has 0 rings (SSSR count). The summed E-state index contributed by atoms with van der Waals surface area (Å²) in [6, 6.07) is -0.810. The summed E-state index contributed by atoms with van der Waals surface area (Å²) in [4.78, 5) is 21.6. The Morgan fingerprint density at radius 1 is 1.38 bits per heavy atom. The molecule has 0 saturated heterocycles. The van der Waals surface area contributed by atoms with Crippen molar-refractivity contribution in [2.24, 2.45) is 5.41 Å². The van der Waals surface area contributed by atoms with Crippen LogP contribution in [-0.2, 0) is 9.59 Å². The molecule has 0 aromatic heterocycles. The fraction of sp³-hybridized carbons (Fsp3) is 0.778. The average molecular weight is 187 g/mol. The molecule has 0 aromatic rings. The van der Waals surface area contributed by atoms with Crippen LogP contribution in [0.2, 0.25) is 0 Å². The van der Waals surface area contributed by atoms with E-state index in [1.165, 1.54) is 6.92 Å². The van der Waals surface area contributed by atoms with Crippen LogP contribution in [0.1, 0.15) is 34.1 Å². The summed E-state index contributed by atoms with van der Waals surface area (Å²) < 4.78 is 0. The maximum absolute atomic E-state index is 11.2. The van der Waals surface area contributed by atoms with Gasteiger partial charge in [-0.25, -0.2) is 0 Å². The summed E-state index contributed by atoms with van der Waals surface area (Å²) in [7, 11) is 0. The van der Waals surface area contributed by atoms with Crippen molar-refractivity contribution in [1.82, 2.24) is 5.32 Å². The van der Waals surface area contributed by atoms with Crippen molar-refractivity contribution in [3.05, 3.63) is 0 Å². The van der Waals surface area contributed by atoms with Crippen molar-refractivity contribution in [3.63, 3.8) is 0 Å². The summed E-state index contributed by atoms with van der Waals surface area (Å²) in [5.74, 6) is -1.23. The van der Waals surface area contributed by atoms with Crippen molar-refractivity contribution < 1.29 is 14.7 Å². The van der Waals surface area contributed by atoms with Gasteiger partial charge in [0.25, 0.3) is 0 Å². The third kappa shape index (κ3) is 6.13. The highest BCUT2D eigenvalue weighted by molar-refractivity contribution is 5.83. The first-order valence-electron chi connectivity index (χ1n) is 4.24. The lowest BCUT2D eigenvalue weighted by molar-refractivity contribution is -0.141. The van der Waals surface area contributed by atoms with Crippen LogP contribution >= 0.6 is 0 Å². The lowest BCUT2D eigenvalue weighted by Gasteiger charge is -2.18. The third-order valence-electron chi connectivity index (χ3n) is 1.44. The number of hydrogen-bond acceptors (Lipinski definition) is 2. The van der Waals surface area contributed by atoms with Crippen molar-refractivity contribution in [3.8, 4) is 0 Å². The maximum Gasteiger partial charge on any atom is 0.325 e. The monoisotopic (exact) mass is 187 g/mol. The fourth-order valence-corrected chi connectivity index (χ4v) is 0.836. The van der Waals surface area contributed by atoms with Gasteiger partial charge in [0.2, 0.25) is 5.91 Å². The summed E-state index contributed by atoms with van der Waals surface area (Å²) in [6.45, 7) is 7.23. The van der Waals surface area contributed by atoms with E-state index in [0.29, 0.717) is 6.42 Å². The summed E-state index contributed by atoms with van der Waals surface area (Å²) in [6.07, 6.45) is 0.338. The molecule has 0 aliphatic rings. The molecule has 0 heterocycles. The normalized spacial score (nSPS) is 13.5. The van der Waals surface area contributed by atoms with Crippen molar-refractivity contribution >= 4 is 11.9 Å². The molecule has 1 amide bonds. The van der Waals surface area contributed by atoms with Crippen molar-refractivity contribution in [2.45, 2.75) is 40.2 Å². The zero-order chi connectivity index (χ0) is 10.6. The summed E-state index contributed by atoms with van der Waals surface area (Å²) in [5, 5.41) is 10.9. The van der Waals surface area contributed by atoms with E-state index in [1.54, 1.807) is 0 Å². The zero-order valence-electron chi connectivity index (χ0n) is 8.55. The van der Waals surface area contributed by atoms with Gasteiger partial charge in [-0.2, -0.15) is 0 Å². The maximum atomic E-state index is 11.2. The minimum absolute atomic E-state index is 0.109. The van der Waals surface area contributed by atoms with E-state index in [2.05, 4.69) is 5.32 Å². The number of rotatable bonds is 3. The Morgan fingerprint density at radius 3 is 2.15 bits per heavy atom. The molecule has 0 unspecified atom stereocenters. The smallest absolute Gasteiger partial charge is 0.325 e. The number of carbonyl (C=O) groups is 2. The molecule has 0 fully saturated rings. The Balaban J connectivity index is 3.96. The van der Waals surface area contributed by atoms with Crippen LogP contribution in [0, 0.1) is 5.41 Å². The molecule has 13 heavy (non-hydrogen) atoms. The Morgan fingerprint density at radius 2 is 1.85 bits per heavy atom. The van der Waals surface area contributed by atoms with E-state index in [1.807, 2.05) is 20.8 Å². The molecule has 4 heteroatoms. The topological polar surface area (TPSA) is 66.4 Å².